The van der Waals surface area contributed by atoms with Crippen molar-refractivity contribution in [3.8, 4) is 0 Å². The van der Waals surface area contributed by atoms with E-state index < -0.39 is 17.9 Å². The molecule has 12 heavy (non-hydrogen) atoms. The van der Waals surface area contributed by atoms with Crippen molar-refractivity contribution in [2.75, 3.05) is 5.75 Å². The van der Waals surface area contributed by atoms with Crippen LogP contribution in [0.4, 0.5) is 0 Å². The lowest BCUT2D eigenvalue weighted by Crippen LogP contribution is -2.41. The van der Waals surface area contributed by atoms with Crippen molar-refractivity contribution in [2.45, 2.75) is 13.0 Å². The molecule has 0 aliphatic carbocycles. The molecule has 5 heteroatoms. The van der Waals surface area contributed by atoms with E-state index in [1.807, 2.05) is 0 Å². The summed E-state index contributed by atoms with van der Waals surface area (Å²) in [5.74, 6) is -1.42. The summed E-state index contributed by atoms with van der Waals surface area (Å²) in [6, 6.07) is -0.919. The summed E-state index contributed by atoms with van der Waals surface area (Å²) < 4.78 is 0. The number of rotatable bonds is 4. The van der Waals surface area contributed by atoms with Crippen LogP contribution in [0.1, 0.15) is 6.92 Å². The van der Waals surface area contributed by atoms with Crippen LogP contribution in [0.2, 0.25) is 0 Å². The molecule has 0 fully saturated rings. The zero-order chi connectivity index (χ0) is 9.56. The van der Waals surface area contributed by atoms with E-state index in [0.717, 1.165) is 0 Å². The van der Waals surface area contributed by atoms with Gasteiger partial charge in [0.2, 0.25) is 5.91 Å². The van der Waals surface area contributed by atoms with Crippen molar-refractivity contribution in [2.24, 2.45) is 0 Å². The Bertz CT molecular complexity index is 203. The molecule has 2 N–H and O–H groups in total. The van der Waals surface area contributed by atoms with Crippen LogP contribution in [0, 0.1) is 0 Å². The summed E-state index contributed by atoms with van der Waals surface area (Å²) >= 11 is 3.78. The fraction of sp³-hybridized carbons (Fsp3) is 0.429. The Hall–Kier alpha value is -0.970. The van der Waals surface area contributed by atoms with E-state index in [1.54, 1.807) is 6.92 Å². The number of carboxylic acids is 1. The first-order chi connectivity index (χ1) is 5.61. The van der Waals surface area contributed by atoms with Gasteiger partial charge in [-0.05, 0) is 13.0 Å². The Morgan fingerprint density at radius 1 is 1.67 bits per heavy atom. The van der Waals surface area contributed by atoms with Gasteiger partial charge in [0, 0.05) is 5.75 Å². The molecule has 0 aromatic heterocycles. The summed E-state index contributed by atoms with van der Waals surface area (Å²) in [4.78, 5) is 21.2. The second-order valence-electron chi connectivity index (χ2n) is 2.08. The maximum Gasteiger partial charge on any atom is 0.327 e. The average Bonchev–Trinajstić information content (AvgIpc) is 2.00. The van der Waals surface area contributed by atoms with Gasteiger partial charge in [0.25, 0.3) is 0 Å². The zero-order valence-electron chi connectivity index (χ0n) is 6.65. The van der Waals surface area contributed by atoms with Crippen LogP contribution in [0.3, 0.4) is 0 Å². The van der Waals surface area contributed by atoms with Crippen LogP contribution in [0.5, 0.6) is 0 Å². The molecule has 0 saturated carbocycles. The molecule has 1 unspecified atom stereocenters. The third kappa shape index (κ3) is 4.02. The van der Waals surface area contributed by atoms with E-state index >= 15 is 0 Å². The molecule has 1 atom stereocenters. The maximum atomic E-state index is 10.8. The van der Waals surface area contributed by atoms with Crippen LogP contribution in [0.15, 0.2) is 12.2 Å². The Kier molecular flexibility index (Phi) is 5.19. The summed E-state index contributed by atoms with van der Waals surface area (Å²) in [5, 5.41) is 10.8. The topological polar surface area (TPSA) is 66.4 Å². The van der Waals surface area contributed by atoms with Gasteiger partial charge >= 0.3 is 5.97 Å². The Balaban J connectivity index is 4.03. The summed E-state index contributed by atoms with van der Waals surface area (Å²) in [7, 11) is 0. The van der Waals surface area contributed by atoms with Gasteiger partial charge in [-0.15, -0.1) is 0 Å². The van der Waals surface area contributed by atoms with E-state index in [1.165, 1.54) is 12.2 Å². The zero-order valence-corrected chi connectivity index (χ0v) is 7.54. The molecule has 0 aromatic rings. The molecule has 0 heterocycles. The number of hydrogen-bond acceptors (Lipinski definition) is 3. The number of nitrogens with one attached hydrogen (secondary N) is 1. The number of thiol groups is 1. The Morgan fingerprint density at radius 2 is 2.25 bits per heavy atom. The van der Waals surface area contributed by atoms with Crippen LogP contribution in [0.25, 0.3) is 0 Å². The standard InChI is InChI=1S/C7H11NO3S/c1-2-3-6(9)8-5(4-12)7(10)11/h2-3,5,12H,4H2,1H3,(H,8,9)(H,10,11). The Morgan fingerprint density at radius 3 is 2.58 bits per heavy atom. The van der Waals surface area contributed by atoms with Crippen LogP contribution in [-0.2, 0) is 9.59 Å². The highest BCUT2D eigenvalue weighted by atomic mass is 32.1. The van der Waals surface area contributed by atoms with Gasteiger partial charge in [0.15, 0.2) is 0 Å². The first kappa shape index (κ1) is 11.0. The molecular formula is C7H11NO3S. The summed E-state index contributed by atoms with van der Waals surface area (Å²) in [5.41, 5.74) is 0. The fourth-order valence-electron chi connectivity index (χ4n) is 0.557. The molecule has 0 aromatic carbocycles. The molecule has 0 aliphatic rings. The SMILES string of the molecule is CC=CC(=O)NC(CS)C(=O)O. The summed E-state index contributed by atoms with van der Waals surface area (Å²) in [6.07, 6.45) is 2.80. The molecule has 0 rings (SSSR count). The van der Waals surface area contributed by atoms with Gasteiger partial charge in [0.05, 0.1) is 0 Å². The van der Waals surface area contributed by atoms with E-state index in [4.69, 9.17) is 5.11 Å². The summed E-state index contributed by atoms with van der Waals surface area (Å²) in [6.45, 7) is 1.68. The second-order valence-corrected chi connectivity index (χ2v) is 2.45. The minimum Gasteiger partial charge on any atom is -0.480 e. The first-order valence-corrected chi connectivity index (χ1v) is 4.02. The lowest BCUT2D eigenvalue weighted by Gasteiger charge is -2.08. The highest BCUT2D eigenvalue weighted by molar-refractivity contribution is 7.80. The number of hydrogen-bond donors (Lipinski definition) is 3. The number of aliphatic carboxylic acids is 1. The lowest BCUT2D eigenvalue weighted by atomic mass is 10.3. The lowest BCUT2D eigenvalue weighted by molar-refractivity contribution is -0.140. The van der Waals surface area contributed by atoms with Crippen molar-refractivity contribution in [3.63, 3.8) is 0 Å². The van der Waals surface area contributed by atoms with Gasteiger partial charge in [-0.3, -0.25) is 4.79 Å². The monoisotopic (exact) mass is 189 g/mol. The van der Waals surface area contributed by atoms with Gasteiger partial charge in [-0.25, -0.2) is 4.79 Å². The van der Waals surface area contributed by atoms with Crippen LogP contribution < -0.4 is 5.32 Å². The van der Waals surface area contributed by atoms with E-state index in [9.17, 15) is 9.59 Å². The minimum absolute atomic E-state index is 0.0820. The maximum absolute atomic E-state index is 10.8. The normalized spacial score (nSPS) is 12.8. The van der Waals surface area contributed by atoms with E-state index in [2.05, 4.69) is 17.9 Å². The quantitative estimate of drug-likeness (QED) is 0.433. The van der Waals surface area contributed by atoms with Crippen molar-refractivity contribution in [3.05, 3.63) is 12.2 Å². The molecule has 1 amide bonds. The molecule has 0 aliphatic heterocycles. The van der Waals surface area contributed by atoms with Crippen LogP contribution in [-0.4, -0.2) is 28.8 Å². The average molecular weight is 189 g/mol. The fourth-order valence-corrected chi connectivity index (χ4v) is 0.804. The van der Waals surface area contributed by atoms with Gasteiger partial charge in [0.1, 0.15) is 6.04 Å². The highest BCUT2D eigenvalue weighted by Crippen LogP contribution is 1.88. The smallest absolute Gasteiger partial charge is 0.327 e. The van der Waals surface area contributed by atoms with E-state index in [0.29, 0.717) is 0 Å². The number of amides is 1. The van der Waals surface area contributed by atoms with Crippen LogP contribution >= 0.6 is 12.6 Å². The molecule has 0 spiro atoms. The largest absolute Gasteiger partial charge is 0.480 e. The molecular weight excluding hydrogens is 178 g/mol. The number of carbonyl (C=O) groups is 2. The number of carbonyl (C=O) groups excluding carboxylic acids is 1. The molecule has 0 bridgehead atoms. The first-order valence-electron chi connectivity index (χ1n) is 3.38. The van der Waals surface area contributed by atoms with Crippen molar-refractivity contribution in [1.82, 2.24) is 5.32 Å². The van der Waals surface area contributed by atoms with Crippen molar-refractivity contribution in [1.29, 1.82) is 0 Å². The van der Waals surface area contributed by atoms with Crippen molar-refractivity contribution < 1.29 is 14.7 Å². The van der Waals surface area contributed by atoms with Gasteiger partial charge in [-0.2, -0.15) is 12.6 Å². The Labute approximate surface area is 76.1 Å². The number of allylic oxidation sites excluding steroid dienone is 1. The molecule has 4 nitrogen and oxygen atoms in total. The van der Waals surface area contributed by atoms with Gasteiger partial charge in [-0.1, -0.05) is 6.08 Å². The molecule has 0 radical (unpaired) electrons. The number of carboxylic acid groups (broad SMARTS) is 1. The molecule has 0 saturated heterocycles. The third-order valence-corrected chi connectivity index (χ3v) is 1.48. The van der Waals surface area contributed by atoms with Crippen molar-refractivity contribution >= 4 is 24.5 Å². The molecule has 68 valence electrons. The van der Waals surface area contributed by atoms with E-state index in [-0.39, 0.29) is 5.75 Å². The second kappa shape index (κ2) is 5.65. The highest BCUT2D eigenvalue weighted by Gasteiger charge is 2.15. The predicted molar refractivity (Wildman–Crippen MR) is 48.2 cm³/mol. The predicted octanol–water partition coefficient (Wildman–Crippen LogP) is 0.0617. The van der Waals surface area contributed by atoms with Gasteiger partial charge < -0.3 is 10.4 Å². The third-order valence-electron chi connectivity index (χ3n) is 1.12. The minimum atomic E-state index is -1.08.